The largest absolute Gasteiger partial charge is 0.481 e. The van der Waals surface area contributed by atoms with E-state index in [4.69, 9.17) is 14.9 Å². The predicted molar refractivity (Wildman–Crippen MR) is 73.9 cm³/mol. The Labute approximate surface area is 126 Å². The number of hydrogen-bond acceptors (Lipinski definition) is 6. The van der Waals surface area contributed by atoms with Crippen molar-refractivity contribution in [2.24, 2.45) is 5.92 Å². The molecule has 0 spiro atoms. The number of amides is 1. The number of aromatic nitrogens is 2. The van der Waals surface area contributed by atoms with Crippen LogP contribution in [-0.2, 0) is 4.79 Å². The molecule has 1 atom stereocenters. The summed E-state index contributed by atoms with van der Waals surface area (Å²) in [6.07, 6.45) is 0.246. The first-order valence-corrected chi connectivity index (χ1v) is 6.61. The first kappa shape index (κ1) is 17.3. The highest BCUT2D eigenvalue weighted by atomic mass is 16.5. The third kappa shape index (κ3) is 5.00. The molecule has 0 unspecified atom stereocenters. The summed E-state index contributed by atoms with van der Waals surface area (Å²) in [5, 5.41) is 20.2. The average Bonchev–Trinajstić information content (AvgIpc) is 2.46. The Morgan fingerprint density at radius 3 is 2.45 bits per heavy atom. The van der Waals surface area contributed by atoms with Crippen LogP contribution in [0.2, 0.25) is 0 Å². The van der Waals surface area contributed by atoms with Gasteiger partial charge in [0, 0.05) is 12.6 Å². The summed E-state index contributed by atoms with van der Waals surface area (Å²) >= 11 is 0. The number of carboxylic acids is 2. The zero-order valence-corrected chi connectivity index (χ0v) is 12.2. The summed E-state index contributed by atoms with van der Waals surface area (Å²) in [6.45, 7) is 3.54. The molecule has 0 aromatic carbocycles. The van der Waals surface area contributed by atoms with Crippen LogP contribution in [0.3, 0.4) is 0 Å². The van der Waals surface area contributed by atoms with E-state index in [1.165, 1.54) is 6.92 Å². The van der Waals surface area contributed by atoms with Crippen molar-refractivity contribution in [3.63, 3.8) is 0 Å². The normalized spacial score (nSPS) is 11.5. The minimum absolute atomic E-state index is 0.128. The molecule has 0 aliphatic rings. The van der Waals surface area contributed by atoms with E-state index in [0.29, 0.717) is 0 Å². The van der Waals surface area contributed by atoms with Gasteiger partial charge in [0.15, 0.2) is 5.69 Å². The van der Waals surface area contributed by atoms with E-state index in [0.717, 1.165) is 6.07 Å². The van der Waals surface area contributed by atoms with Crippen LogP contribution < -0.4 is 10.1 Å². The second-order valence-corrected chi connectivity index (χ2v) is 4.44. The third-order valence-corrected chi connectivity index (χ3v) is 2.72. The minimum atomic E-state index is -1.31. The maximum Gasteiger partial charge on any atom is 0.354 e. The number of aliphatic carboxylic acids is 1. The Balaban J connectivity index is 2.79. The number of rotatable bonds is 8. The summed E-state index contributed by atoms with van der Waals surface area (Å²) in [5.74, 6) is -3.48. The second-order valence-electron chi connectivity index (χ2n) is 4.44. The van der Waals surface area contributed by atoms with Gasteiger partial charge >= 0.3 is 17.9 Å². The van der Waals surface area contributed by atoms with Crippen molar-refractivity contribution in [2.75, 3.05) is 13.2 Å². The molecule has 0 saturated carbocycles. The van der Waals surface area contributed by atoms with Crippen LogP contribution in [0.5, 0.6) is 6.01 Å². The van der Waals surface area contributed by atoms with Crippen LogP contribution in [0, 0.1) is 5.92 Å². The van der Waals surface area contributed by atoms with Gasteiger partial charge in [-0.3, -0.25) is 9.59 Å². The molecule has 0 saturated heterocycles. The van der Waals surface area contributed by atoms with Gasteiger partial charge in [0.25, 0.3) is 5.91 Å². The lowest BCUT2D eigenvalue weighted by Crippen LogP contribution is -2.28. The number of nitrogens with one attached hydrogen (secondary N) is 1. The van der Waals surface area contributed by atoms with Crippen molar-refractivity contribution in [1.82, 2.24) is 15.3 Å². The van der Waals surface area contributed by atoms with Crippen LogP contribution in [-0.4, -0.2) is 51.2 Å². The van der Waals surface area contributed by atoms with Crippen LogP contribution >= 0.6 is 0 Å². The van der Waals surface area contributed by atoms with E-state index in [-0.39, 0.29) is 37.0 Å². The Morgan fingerprint density at radius 1 is 1.27 bits per heavy atom. The van der Waals surface area contributed by atoms with E-state index >= 15 is 0 Å². The predicted octanol–water partition coefficient (Wildman–Crippen LogP) is 0.414. The number of carbonyl (C=O) groups excluding carboxylic acids is 1. The summed E-state index contributed by atoms with van der Waals surface area (Å²) in [4.78, 5) is 41.0. The Morgan fingerprint density at radius 2 is 1.91 bits per heavy atom. The molecule has 0 aliphatic carbocycles. The molecule has 1 aromatic rings. The van der Waals surface area contributed by atoms with Gasteiger partial charge in [0.2, 0.25) is 0 Å². The maximum atomic E-state index is 11.9. The molecule has 1 heterocycles. The Kier molecular flexibility index (Phi) is 6.24. The Bertz CT molecular complexity index is 575. The smallest absolute Gasteiger partial charge is 0.354 e. The molecule has 9 nitrogen and oxygen atoms in total. The quantitative estimate of drug-likeness (QED) is 0.627. The lowest BCUT2D eigenvalue weighted by atomic mass is 10.1. The number of carboxylic acid groups (broad SMARTS) is 2. The van der Waals surface area contributed by atoms with Crippen molar-refractivity contribution in [3.8, 4) is 6.01 Å². The minimum Gasteiger partial charge on any atom is -0.481 e. The molecular weight excluding hydrogens is 294 g/mol. The van der Waals surface area contributed by atoms with E-state index < -0.39 is 23.8 Å². The Hall–Kier alpha value is -2.71. The number of nitrogens with zero attached hydrogens (tertiary/aromatic N) is 2. The molecule has 0 fully saturated rings. The molecule has 0 bridgehead atoms. The molecule has 120 valence electrons. The molecule has 9 heteroatoms. The zero-order valence-electron chi connectivity index (χ0n) is 12.2. The standard InChI is InChI=1S/C13H17N3O6/c1-3-22-13-15-8(6-9(16-13)12(20)21)10(17)14-5-4-7(2)11(18)19/h6-7H,3-5H2,1-2H3,(H,14,17)(H,18,19)(H,20,21)/t7-/m1/s1. The fourth-order valence-electron chi connectivity index (χ4n) is 1.46. The highest BCUT2D eigenvalue weighted by molar-refractivity contribution is 5.95. The number of carbonyl (C=O) groups is 3. The van der Waals surface area contributed by atoms with Gasteiger partial charge in [-0.25, -0.2) is 4.79 Å². The fourth-order valence-corrected chi connectivity index (χ4v) is 1.46. The summed E-state index contributed by atoms with van der Waals surface area (Å²) in [5.41, 5.74) is -0.513. The molecule has 22 heavy (non-hydrogen) atoms. The fraction of sp³-hybridized carbons (Fsp3) is 0.462. The van der Waals surface area contributed by atoms with Crippen LogP contribution in [0.25, 0.3) is 0 Å². The van der Waals surface area contributed by atoms with Gasteiger partial charge in [-0.05, 0) is 13.3 Å². The SMILES string of the molecule is CCOc1nc(C(=O)O)cc(C(=O)NCC[C@@H](C)C(=O)O)n1. The molecule has 1 aromatic heterocycles. The summed E-state index contributed by atoms with van der Waals surface area (Å²) in [7, 11) is 0. The second kappa shape index (κ2) is 7.91. The van der Waals surface area contributed by atoms with Gasteiger partial charge in [-0.1, -0.05) is 6.92 Å². The average molecular weight is 311 g/mol. The zero-order chi connectivity index (χ0) is 16.7. The van der Waals surface area contributed by atoms with E-state index in [2.05, 4.69) is 15.3 Å². The maximum absolute atomic E-state index is 11.9. The van der Waals surface area contributed by atoms with Gasteiger partial charge in [0.05, 0.1) is 12.5 Å². The first-order valence-electron chi connectivity index (χ1n) is 6.61. The van der Waals surface area contributed by atoms with Crippen LogP contribution in [0.15, 0.2) is 6.07 Å². The topological polar surface area (TPSA) is 139 Å². The van der Waals surface area contributed by atoms with Gasteiger partial charge < -0.3 is 20.3 Å². The first-order chi connectivity index (χ1) is 10.3. The monoisotopic (exact) mass is 311 g/mol. The molecule has 0 radical (unpaired) electrons. The molecular formula is C13H17N3O6. The van der Waals surface area contributed by atoms with Gasteiger partial charge in [-0.15, -0.1) is 0 Å². The van der Waals surface area contributed by atoms with Gasteiger partial charge in [0.1, 0.15) is 5.69 Å². The van der Waals surface area contributed by atoms with Crippen molar-refractivity contribution in [3.05, 3.63) is 17.5 Å². The van der Waals surface area contributed by atoms with E-state index in [9.17, 15) is 14.4 Å². The highest BCUT2D eigenvalue weighted by Crippen LogP contribution is 2.08. The molecule has 0 aliphatic heterocycles. The summed E-state index contributed by atoms with van der Waals surface area (Å²) < 4.78 is 5.02. The number of aromatic carboxylic acids is 1. The van der Waals surface area contributed by atoms with E-state index in [1.54, 1.807) is 6.92 Å². The van der Waals surface area contributed by atoms with Crippen LogP contribution in [0.1, 0.15) is 41.2 Å². The lowest BCUT2D eigenvalue weighted by Gasteiger charge is -2.09. The number of hydrogen-bond donors (Lipinski definition) is 3. The lowest BCUT2D eigenvalue weighted by molar-refractivity contribution is -0.141. The molecule has 1 amide bonds. The van der Waals surface area contributed by atoms with E-state index in [1.807, 2.05) is 0 Å². The van der Waals surface area contributed by atoms with Crippen molar-refractivity contribution in [1.29, 1.82) is 0 Å². The summed E-state index contributed by atoms with van der Waals surface area (Å²) in [6, 6.07) is 0.826. The van der Waals surface area contributed by atoms with Crippen molar-refractivity contribution >= 4 is 17.8 Å². The highest BCUT2D eigenvalue weighted by Gasteiger charge is 2.17. The van der Waals surface area contributed by atoms with Crippen molar-refractivity contribution in [2.45, 2.75) is 20.3 Å². The molecule has 1 rings (SSSR count). The number of ether oxygens (including phenoxy) is 1. The third-order valence-electron chi connectivity index (χ3n) is 2.72. The van der Waals surface area contributed by atoms with Gasteiger partial charge in [-0.2, -0.15) is 9.97 Å². The molecule has 3 N–H and O–H groups in total. The van der Waals surface area contributed by atoms with Crippen LogP contribution in [0.4, 0.5) is 0 Å². The van der Waals surface area contributed by atoms with Crippen molar-refractivity contribution < 1.29 is 29.3 Å².